The van der Waals surface area contributed by atoms with Gasteiger partial charge in [0.2, 0.25) is 0 Å². The van der Waals surface area contributed by atoms with E-state index in [1.807, 2.05) is 18.2 Å². The van der Waals surface area contributed by atoms with Crippen LogP contribution in [0.25, 0.3) is 11.1 Å². The van der Waals surface area contributed by atoms with Crippen molar-refractivity contribution in [3.05, 3.63) is 34.3 Å². The standard InChI is InChI=1S/C14H21N3O2/c1-14(2,9-15)17(3)7-6-10-4-5-11-12(8-10)19-13(18)16-11/h4-5,8H,6-7,9,15H2,1-3H3,(H,16,18). The first-order chi connectivity index (χ1) is 8.92. The molecule has 0 saturated carbocycles. The van der Waals surface area contributed by atoms with Crippen molar-refractivity contribution in [1.29, 1.82) is 0 Å². The van der Waals surface area contributed by atoms with Crippen LogP contribution in [0.3, 0.4) is 0 Å². The van der Waals surface area contributed by atoms with Crippen molar-refractivity contribution in [1.82, 2.24) is 9.88 Å². The first-order valence-electron chi connectivity index (χ1n) is 6.45. The molecule has 0 saturated heterocycles. The molecule has 0 amide bonds. The molecule has 19 heavy (non-hydrogen) atoms. The Morgan fingerprint density at radius 2 is 2.16 bits per heavy atom. The third kappa shape index (κ3) is 3.05. The summed E-state index contributed by atoms with van der Waals surface area (Å²) in [5.74, 6) is -0.409. The van der Waals surface area contributed by atoms with Gasteiger partial charge in [-0.3, -0.25) is 9.88 Å². The Labute approximate surface area is 112 Å². The van der Waals surface area contributed by atoms with E-state index in [1.165, 1.54) is 0 Å². The lowest BCUT2D eigenvalue weighted by molar-refractivity contribution is 0.166. The zero-order valence-electron chi connectivity index (χ0n) is 11.7. The molecule has 0 aliphatic carbocycles. The summed E-state index contributed by atoms with van der Waals surface area (Å²) >= 11 is 0. The summed E-state index contributed by atoms with van der Waals surface area (Å²) in [6.45, 7) is 5.78. The Morgan fingerprint density at radius 3 is 2.84 bits per heavy atom. The number of nitrogens with one attached hydrogen (secondary N) is 1. The van der Waals surface area contributed by atoms with E-state index in [-0.39, 0.29) is 5.54 Å². The van der Waals surface area contributed by atoms with Crippen LogP contribution >= 0.6 is 0 Å². The summed E-state index contributed by atoms with van der Waals surface area (Å²) in [6.07, 6.45) is 0.894. The van der Waals surface area contributed by atoms with E-state index in [1.54, 1.807) is 0 Å². The number of benzene rings is 1. The van der Waals surface area contributed by atoms with E-state index in [4.69, 9.17) is 10.2 Å². The van der Waals surface area contributed by atoms with Gasteiger partial charge in [-0.1, -0.05) is 6.07 Å². The van der Waals surface area contributed by atoms with Crippen molar-refractivity contribution in [2.24, 2.45) is 5.73 Å². The fourth-order valence-corrected chi connectivity index (χ4v) is 1.90. The van der Waals surface area contributed by atoms with E-state index in [0.717, 1.165) is 24.0 Å². The highest BCUT2D eigenvalue weighted by atomic mass is 16.4. The van der Waals surface area contributed by atoms with Crippen LogP contribution in [-0.2, 0) is 6.42 Å². The van der Waals surface area contributed by atoms with Gasteiger partial charge in [0.1, 0.15) is 0 Å². The lowest BCUT2D eigenvalue weighted by Crippen LogP contribution is -2.47. The molecule has 104 valence electrons. The Hall–Kier alpha value is -1.59. The third-order valence-corrected chi connectivity index (χ3v) is 3.75. The van der Waals surface area contributed by atoms with Crippen LogP contribution in [-0.4, -0.2) is 35.6 Å². The molecule has 5 heteroatoms. The van der Waals surface area contributed by atoms with E-state index in [2.05, 4.69) is 30.8 Å². The monoisotopic (exact) mass is 263 g/mol. The summed E-state index contributed by atoms with van der Waals surface area (Å²) in [7, 11) is 2.07. The number of nitrogens with two attached hydrogens (primary N) is 1. The number of aromatic nitrogens is 1. The Balaban J connectivity index is 2.07. The maximum atomic E-state index is 11.1. The predicted octanol–water partition coefficient (Wildman–Crippen LogP) is 1.33. The topological polar surface area (TPSA) is 75.3 Å². The summed E-state index contributed by atoms with van der Waals surface area (Å²) < 4.78 is 5.06. The second-order valence-electron chi connectivity index (χ2n) is 5.53. The van der Waals surface area contributed by atoms with Crippen molar-refractivity contribution >= 4 is 11.1 Å². The molecule has 1 heterocycles. The maximum Gasteiger partial charge on any atom is 0.417 e. The van der Waals surface area contributed by atoms with Gasteiger partial charge in [0.15, 0.2) is 5.58 Å². The highest BCUT2D eigenvalue weighted by molar-refractivity contribution is 5.72. The summed E-state index contributed by atoms with van der Waals surface area (Å²) in [5.41, 5.74) is 8.25. The van der Waals surface area contributed by atoms with Crippen LogP contribution in [0.5, 0.6) is 0 Å². The van der Waals surface area contributed by atoms with Crippen LogP contribution < -0.4 is 11.5 Å². The number of hydrogen-bond donors (Lipinski definition) is 2. The number of H-pyrrole nitrogens is 1. The molecule has 0 radical (unpaired) electrons. The van der Waals surface area contributed by atoms with Gasteiger partial charge in [0.05, 0.1) is 5.52 Å². The van der Waals surface area contributed by atoms with Gasteiger partial charge in [0.25, 0.3) is 0 Å². The molecule has 2 rings (SSSR count). The van der Waals surface area contributed by atoms with E-state index in [9.17, 15) is 4.79 Å². The van der Waals surface area contributed by atoms with Crippen molar-refractivity contribution in [3.63, 3.8) is 0 Å². The number of likely N-dealkylation sites (N-methyl/N-ethyl adjacent to an activating group) is 1. The number of rotatable bonds is 5. The number of aromatic amines is 1. The molecule has 0 aliphatic rings. The largest absolute Gasteiger partial charge is 0.417 e. The second-order valence-corrected chi connectivity index (χ2v) is 5.53. The van der Waals surface area contributed by atoms with Gasteiger partial charge >= 0.3 is 5.76 Å². The first-order valence-corrected chi connectivity index (χ1v) is 6.45. The SMILES string of the molecule is CN(CCc1ccc2[nH]c(=O)oc2c1)C(C)(C)CN. The molecule has 0 bridgehead atoms. The Morgan fingerprint density at radius 1 is 1.42 bits per heavy atom. The Kier molecular flexibility index (Phi) is 3.78. The van der Waals surface area contributed by atoms with E-state index >= 15 is 0 Å². The molecule has 5 nitrogen and oxygen atoms in total. The molecule has 0 unspecified atom stereocenters. The molecule has 0 spiro atoms. The van der Waals surface area contributed by atoms with Crippen LogP contribution in [0.15, 0.2) is 27.4 Å². The number of oxazole rings is 1. The molecule has 0 fully saturated rings. The van der Waals surface area contributed by atoms with E-state index < -0.39 is 5.76 Å². The summed E-state index contributed by atoms with van der Waals surface area (Å²) in [6, 6.07) is 5.80. The molecule has 3 N–H and O–H groups in total. The minimum absolute atomic E-state index is 0.00918. The highest BCUT2D eigenvalue weighted by Crippen LogP contribution is 2.15. The lowest BCUT2D eigenvalue weighted by Gasteiger charge is -2.34. The zero-order chi connectivity index (χ0) is 14.0. The highest BCUT2D eigenvalue weighted by Gasteiger charge is 2.20. The molecule has 0 aliphatic heterocycles. The van der Waals surface area contributed by atoms with E-state index in [0.29, 0.717) is 12.1 Å². The van der Waals surface area contributed by atoms with Crippen molar-refractivity contribution in [2.45, 2.75) is 25.8 Å². The van der Waals surface area contributed by atoms with Gasteiger partial charge in [-0.15, -0.1) is 0 Å². The molecule has 1 aromatic carbocycles. The number of nitrogens with zero attached hydrogens (tertiary/aromatic N) is 1. The first kappa shape index (κ1) is 13.8. The summed E-state index contributed by atoms with van der Waals surface area (Å²) in [5, 5.41) is 0. The second kappa shape index (κ2) is 5.19. The van der Waals surface area contributed by atoms with Crippen LogP contribution in [0.4, 0.5) is 0 Å². The van der Waals surface area contributed by atoms with Gasteiger partial charge in [-0.25, -0.2) is 4.79 Å². The van der Waals surface area contributed by atoms with Crippen molar-refractivity contribution < 1.29 is 4.42 Å². The minimum atomic E-state index is -0.409. The third-order valence-electron chi connectivity index (χ3n) is 3.75. The van der Waals surface area contributed by atoms with Gasteiger partial charge < -0.3 is 10.2 Å². The molecule has 0 atom stereocenters. The number of hydrogen-bond acceptors (Lipinski definition) is 4. The quantitative estimate of drug-likeness (QED) is 0.853. The average molecular weight is 263 g/mol. The summed E-state index contributed by atoms with van der Waals surface area (Å²) in [4.78, 5) is 16.0. The van der Waals surface area contributed by atoms with Gasteiger partial charge in [0, 0.05) is 18.6 Å². The van der Waals surface area contributed by atoms with Gasteiger partial charge in [-0.2, -0.15) is 0 Å². The van der Waals surface area contributed by atoms with Crippen LogP contribution in [0, 0.1) is 0 Å². The Bertz CT molecular complexity index is 612. The zero-order valence-corrected chi connectivity index (χ0v) is 11.7. The minimum Gasteiger partial charge on any atom is -0.408 e. The fourth-order valence-electron chi connectivity index (χ4n) is 1.90. The lowest BCUT2D eigenvalue weighted by atomic mass is 10.0. The molecular formula is C14H21N3O2. The predicted molar refractivity (Wildman–Crippen MR) is 76.3 cm³/mol. The number of fused-ring (bicyclic) bond motifs is 1. The van der Waals surface area contributed by atoms with Gasteiger partial charge in [-0.05, 0) is 45.0 Å². The maximum absolute atomic E-state index is 11.1. The molecular weight excluding hydrogens is 242 g/mol. The van der Waals surface area contributed by atoms with Crippen LogP contribution in [0.2, 0.25) is 0 Å². The average Bonchev–Trinajstić information content (AvgIpc) is 2.74. The van der Waals surface area contributed by atoms with Crippen molar-refractivity contribution in [2.75, 3.05) is 20.1 Å². The van der Waals surface area contributed by atoms with Crippen molar-refractivity contribution in [3.8, 4) is 0 Å². The molecule has 2 aromatic rings. The smallest absolute Gasteiger partial charge is 0.408 e. The van der Waals surface area contributed by atoms with Crippen LogP contribution in [0.1, 0.15) is 19.4 Å². The fraction of sp³-hybridized carbons (Fsp3) is 0.500. The molecule has 1 aromatic heterocycles. The normalized spacial score (nSPS) is 12.5.